The molecule has 0 saturated heterocycles. The Morgan fingerprint density at radius 1 is 1.56 bits per heavy atom. The molecule has 0 bridgehead atoms. The van der Waals surface area contributed by atoms with Crippen LogP contribution in [0.25, 0.3) is 0 Å². The van der Waals surface area contributed by atoms with Crippen LogP contribution in [0.15, 0.2) is 22.7 Å². The first-order chi connectivity index (χ1) is 7.57. The second kappa shape index (κ2) is 3.06. The molecule has 0 aromatic heterocycles. The van der Waals surface area contributed by atoms with E-state index in [0.717, 1.165) is 10.0 Å². The van der Waals surface area contributed by atoms with Gasteiger partial charge in [0.2, 0.25) is 0 Å². The molecule has 1 aromatic carbocycles. The Bertz CT molecular complexity index is 480. The highest BCUT2D eigenvalue weighted by molar-refractivity contribution is 9.10. The summed E-state index contributed by atoms with van der Waals surface area (Å²) in [6.45, 7) is 2.31. The van der Waals surface area contributed by atoms with Gasteiger partial charge in [-0.25, -0.2) is 4.39 Å². The Balaban J connectivity index is 2.20. The minimum absolute atomic E-state index is 0.0128. The fourth-order valence-electron chi connectivity index (χ4n) is 2.74. The van der Waals surface area contributed by atoms with Crippen LogP contribution < -0.4 is 5.32 Å². The van der Waals surface area contributed by atoms with Crippen LogP contribution in [-0.4, -0.2) is 18.6 Å². The molecule has 2 nitrogen and oxygen atoms in total. The number of hydrogen-bond donors (Lipinski definition) is 1. The van der Waals surface area contributed by atoms with Crippen LogP contribution >= 0.6 is 15.9 Å². The highest BCUT2D eigenvalue weighted by Gasteiger charge is 2.66. The lowest BCUT2D eigenvalue weighted by molar-refractivity contribution is 0.0934. The standard InChI is InChI=1S/C12H11BrFNO/c1-6-10(14)12(6)5-15-11(16)8-3-2-7(13)4-9(8)12/h2-4,6,10H,5H2,1H3,(H,15,16)/t6-,10+,12-/m1/s1. The molecule has 1 aliphatic heterocycles. The van der Waals surface area contributed by atoms with Gasteiger partial charge in [0.05, 0.1) is 5.41 Å². The first kappa shape index (κ1) is 10.3. The summed E-state index contributed by atoms with van der Waals surface area (Å²) in [6, 6.07) is 5.45. The second-order valence-electron chi connectivity index (χ2n) is 4.60. The molecule has 84 valence electrons. The average molecular weight is 284 g/mol. The zero-order chi connectivity index (χ0) is 11.5. The average Bonchev–Trinajstić information content (AvgIpc) is 2.78. The smallest absolute Gasteiger partial charge is 0.251 e. The molecule has 1 N–H and O–H groups in total. The van der Waals surface area contributed by atoms with Gasteiger partial charge in [0.1, 0.15) is 6.17 Å². The molecule has 1 aromatic rings. The number of nitrogens with one attached hydrogen (secondary N) is 1. The molecule has 2 aliphatic rings. The van der Waals surface area contributed by atoms with Crippen LogP contribution in [0.1, 0.15) is 22.8 Å². The van der Waals surface area contributed by atoms with Crippen molar-refractivity contribution in [2.45, 2.75) is 18.5 Å². The first-order valence-electron chi connectivity index (χ1n) is 5.29. The van der Waals surface area contributed by atoms with Crippen molar-refractivity contribution < 1.29 is 9.18 Å². The van der Waals surface area contributed by atoms with Crippen molar-refractivity contribution in [3.8, 4) is 0 Å². The van der Waals surface area contributed by atoms with Gasteiger partial charge >= 0.3 is 0 Å². The molecule has 1 fully saturated rings. The molecule has 1 aliphatic carbocycles. The number of benzene rings is 1. The van der Waals surface area contributed by atoms with Crippen molar-refractivity contribution in [3.63, 3.8) is 0 Å². The fourth-order valence-corrected chi connectivity index (χ4v) is 3.10. The number of carbonyl (C=O) groups is 1. The zero-order valence-electron chi connectivity index (χ0n) is 8.76. The van der Waals surface area contributed by atoms with E-state index < -0.39 is 11.6 Å². The summed E-state index contributed by atoms with van der Waals surface area (Å²) in [5, 5.41) is 2.78. The maximum absolute atomic E-state index is 13.8. The first-order valence-corrected chi connectivity index (χ1v) is 6.09. The summed E-state index contributed by atoms with van der Waals surface area (Å²) in [4.78, 5) is 11.7. The minimum atomic E-state index is -0.846. The van der Waals surface area contributed by atoms with Crippen molar-refractivity contribution in [1.82, 2.24) is 5.32 Å². The van der Waals surface area contributed by atoms with Gasteiger partial charge in [0.15, 0.2) is 0 Å². The molecule has 3 atom stereocenters. The lowest BCUT2D eigenvalue weighted by Gasteiger charge is -2.26. The van der Waals surface area contributed by atoms with Gasteiger partial charge in [0.25, 0.3) is 5.91 Å². The lowest BCUT2D eigenvalue weighted by atomic mass is 9.86. The predicted molar refractivity (Wildman–Crippen MR) is 62.2 cm³/mol. The van der Waals surface area contributed by atoms with E-state index in [1.807, 2.05) is 19.1 Å². The number of halogens is 2. The van der Waals surface area contributed by atoms with Crippen molar-refractivity contribution in [1.29, 1.82) is 0 Å². The number of amides is 1. The van der Waals surface area contributed by atoms with E-state index in [1.54, 1.807) is 6.07 Å². The molecule has 1 amide bonds. The lowest BCUT2D eigenvalue weighted by Crippen LogP contribution is -2.41. The van der Waals surface area contributed by atoms with Gasteiger partial charge < -0.3 is 5.32 Å². The van der Waals surface area contributed by atoms with Crippen LogP contribution in [0.5, 0.6) is 0 Å². The Labute approximate surface area is 101 Å². The summed E-state index contributed by atoms with van der Waals surface area (Å²) in [5.74, 6) is -0.111. The molecule has 4 heteroatoms. The van der Waals surface area contributed by atoms with Crippen molar-refractivity contribution in [2.24, 2.45) is 5.92 Å². The Morgan fingerprint density at radius 3 is 2.88 bits per heavy atom. The van der Waals surface area contributed by atoms with Crippen LogP contribution in [0.4, 0.5) is 4.39 Å². The van der Waals surface area contributed by atoms with Crippen LogP contribution in [-0.2, 0) is 5.41 Å². The largest absolute Gasteiger partial charge is 0.351 e. The second-order valence-corrected chi connectivity index (χ2v) is 5.52. The van der Waals surface area contributed by atoms with Crippen molar-refractivity contribution >= 4 is 21.8 Å². The molecule has 0 radical (unpaired) electrons. The van der Waals surface area contributed by atoms with Crippen molar-refractivity contribution in [3.05, 3.63) is 33.8 Å². The van der Waals surface area contributed by atoms with Gasteiger partial charge in [-0.1, -0.05) is 22.9 Å². The van der Waals surface area contributed by atoms with Crippen LogP contribution in [0.3, 0.4) is 0 Å². The maximum Gasteiger partial charge on any atom is 0.251 e. The van der Waals surface area contributed by atoms with E-state index in [-0.39, 0.29) is 11.8 Å². The van der Waals surface area contributed by atoms with Gasteiger partial charge in [-0.05, 0) is 23.8 Å². The predicted octanol–water partition coefficient (Wildman–Crippen LogP) is 2.42. The monoisotopic (exact) mass is 283 g/mol. The third-order valence-corrected chi connectivity index (χ3v) is 4.40. The van der Waals surface area contributed by atoms with E-state index in [4.69, 9.17) is 0 Å². The van der Waals surface area contributed by atoms with Crippen molar-refractivity contribution in [2.75, 3.05) is 6.54 Å². The third-order valence-electron chi connectivity index (χ3n) is 3.90. The summed E-state index contributed by atoms with van der Waals surface area (Å²) in [7, 11) is 0. The quantitative estimate of drug-likeness (QED) is 0.779. The maximum atomic E-state index is 13.8. The number of hydrogen-bond acceptors (Lipinski definition) is 1. The Kier molecular flexibility index (Phi) is 1.97. The Morgan fingerprint density at radius 2 is 2.25 bits per heavy atom. The van der Waals surface area contributed by atoms with E-state index in [9.17, 15) is 9.18 Å². The molecule has 16 heavy (non-hydrogen) atoms. The van der Waals surface area contributed by atoms with E-state index >= 15 is 0 Å². The SMILES string of the molecule is C[C@@H]1[C@H](F)[C@]12CNC(=O)c1ccc(Br)cc12. The van der Waals surface area contributed by atoms with Gasteiger partial charge in [-0.15, -0.1) is 0 Å². The highest BCUT2D eigenvalue weighted by atomic mass is 79.9. The van der Waals surface area contributed by atoms with Gasteiger partial charge in [0, 0.05) is 22.5 Å². The van der Waals surface area contributed by atoms with Crippen LogP contribution in [0.2, 0.25) is 0 Å². The molecule has 1 saturated carbocycles. The summed E-state index contributed by atoms with van der Waals surface area (Å²) in [5.41, 5.74) is 0.986. The van der Waals surface area contributed by atoms with E-state index in [0.29, 0.717) is 12.1 Å². The van der Waals surface area contributed by atoms with E-state index in [1.165, 1.54) is 0 Å². The number of carbonyl (C=O) groups excluding carboxylic acids is 1. The number of alkyl halides is 1. The molecular weight excluding hydrogens is 273 g/mol. The Hall–Kier alpha value is -0.900. The topological polar surface area (TPSA) is 29.1 Å². The normalized spacial score (nSPS) is 35.8. The molecule has 1 heterocycles. The number of fused-ring (bicyclic) bond motifs is 2. The minimum Gasteiger partial charge on any atom is -0.351 e. The van der Waals surface area contributed by atoms with Gasteiger partial charge in [-0.2, -0.15) is 0 Å². The highest BCUT2D eigenvalue weighted by Crippen LogP contribution is 2.58. The van der Waals surface area contributed by atoms with Crippen LogP contribution in [0, 0.1) is 5.92 Å². The molecule has 3 rings (SSSR count). The summed E-state index contributed by atoms with van der Waals surface area (Å²) >= 11 is 3.38. The molecule has 0 unspecified atom stereocenters. The number of rotatable bonds is 0. The van der Waals surface area contributed by atoms with E-state index in [2.05, 4.69) is 21.2 Å². The zero-order valence-corrected chi connectivity index (χ0v) is 10.3. The summed E-state index contributed by atoms with van der Waals surface area (Å²) < 4.78 is 14.7. The summed E-state index contributed by atoms with van der Waals surface area (Å²) in [6.07, 6.45) is -0.846. The fraction of sp³-hybridized carbons (Fsp3) is 0.417. The third kappa shape index (κ3) is 1.08. The molecule has 1 spiro atoms. The molecular formula is C12H11BrFNO. The van der Waals surface area contributed by atoms with Gasteiger partial charge in [-0.3, -0.25) is 4.79 Å².